The van der Waals surface area contributed by atoms with E-state index in [-0.39, 0.29) is 17.2 Å². The lowest BCUT2D eigenvalue weighted by molar-refractivity contribution is -0.121. The number of halogens is 2. The van der Waals surface area contributed by atoms with Crippen molar-refractivity contribution < 1.29 is 22.0 Å². The van der Waals surface area contributed by atoms with Gasteiger partial charge in [0.2, 0.25) is 15.9 Å². The number of imidazole rings is 1. The van der Waals surface area contributed by atoms with Gasteiger partial charge in [-0.1, -0.05) is 19.9 Å². The van der Waals surface area contributed by atoms with Gasteiger partial charge in [0.1, 0.15) is 5.82 Å². The van der Waals surface area contributed by atoms with Gasteiger partial charge in [-0.05, 0) is 49.7 Å². The zero-order chi connectivity index (χ0) is 25.0. The van der Waals surface area contributed by atoms with Gasteiger partial charge in [0.05, 0.1) is 22.0 Å². The van der Waals surface area contributed by atoms with Crippen LogP contribution in [0.4, 0.5) is 8.78 Å². The predicted molar refractivity (Wildman–Crippen MR) is 127 cm³/mol. The van der Waals surface area contributed by atoms with E-state index in [0.29, 0.717) is 43.0 Å². The molecule has 0 spiro atoms. The molecule has 7 nitrogen and oxygen atoms in total. The fraction of sp³-hybridized carbons (Fsp3) is 0.417. The second kappa shape index (κ2) is 10.6. The highest BCUT2D eigenvalue weighted by Crippen LogP contribution is 2.24. The Bertz CT molecular complexity index is 1290. The molecule has 10 heteroatoms. The summed E-state index contributed by atoms with van der Waals surface area (Å²) in [6.45, 7) is 8.61. The van der Waals surface area contributed by atoms with Gasteiger partial charge in [-0.25, -0.2) is 22.2 Å². The molecule has 34 heavy (non-hydrogen) atoms. The highest BCUT2D eigenvalue weighted by atomic mass is 32.2. The zero-order valence-corrected chi connectivity index (χ0v) is 20.6. The number of nitrogens with zero attached hydrogens (tertiary/aromatic N) is 3. The largest absolute Gasteiger partial charge is 0.350 e. The number of hydrogen-bond donors (Lipinski definition) is 1. The maximum Gasteiger partial charge on any atom is 0.243 e. The molecule has 3 aromatic rings. The minimum Gasteiger partial charge on any atom is -0.350 e. The van der Waals surface area contributed by atoms with E-state index in [1.807, 2.05) is 11.5 Å². The first-order chi connectivity index (χ1) is 16.1. The van der Waals surface area contributed by atoms with Gasteiger partial charge in [-0.15, -0.1) is 0 Å². The summed E-state index contributed by atoms with van der Waals surface area (Å²) in [5, 5.41) is 2.79. The Hall–Kier alpha value is -2.85. The van der Waals surface area contributed by atoms with Crippen LogP contribution in [0.1, 0.15) is 51.5 Å². The average Bonchev–Trinajstić information content (AvgIpc) is 3.16. The summed E-state index contributed by atoms with van der Waals surface area (Å²) in [5.41, 5.74) is 1.82. The van der Waals surface area contributed by atoms with E-state index in [2.05, 4.69) is 10.3 Å². The van der Waals surface area contributed by atoms with Crippen molar-refractivity contribution in [2.24, 2.45) is 0 Å². The Morgan fingerprint density at radius 1 is 1.09 bits per heavy atom. The lowest BCUT2D eigenvalue weighted by Gasteiger charge is -2.18. The van der Waals surface area contributed by atoms with Gasteiger partial charge in [-0.3, -0.25) is 4.79 Å². The van der Waals surface area contributed by atoms with Crippen molar-refractivity contribution >= 4 is 27.0 Å². The minimum atomic E-state index is -3.60. The van der Waals surface area contributed by atoms with Crippen molar-refractivity contribution in [3.63, 3.8) is 0 Å². The number of sulfonamides is 1. The molecule has 0 aliphatic rings. The van der Waals surface area contributed by atoms with Crippen molar-refractivity contribution in [2.75, 3.05) is 13.1 Å². The van der Waals surface area contributed by atoms with Crippen molar-refractivity contribution in [3.05, 3.63) is 59.4 Å². The van der Waals surface area contributed by atoms with Crippen LogP contribution in [0.25, 0.3) is 11.0 Å². The van der Waals surface area contributed by atoms with Crippen molar-refractivity contribution in [2.45, 2.75) is 58.0 Å². The normalized spacial score (nSPS) is 12.9. The summed E-state index contributed by atoms with van der Waals surface area (Å²) in [6.07, 6.45) is 0.485. The number of aryl methyl sites for hydroxylation is 2. The van der Waals surface area contributed by atoms with E-state index in [9.17, 15) is 22.0 Å². The number of amides is 1. The Morgan fingerprint density at radius 3 is 2.41 bits per heavy atom. The van der Waals surface area contributed by atoms with Crippen molar-refractivity contribution in [3.8, 4) is 0 Å². The number of rotatable bonds is 10. The Morgan fingerprint density at radius 2 is 1.79 bits per heavy atom. The molecular weight excluding hydrogens is 462 g/mol. The summed E-state index contributed by atoms with van der Waals surface area (Å²) in [6, 6.07) is 7.96. The van der Waals surface area contributed by atoms with Crippen LogP contribution >= 0.6 is 0 Å². The molecule has 0 aliphatic carbocycles. The van der Waals surface area contributed by atoms with Gasteiger partial charge in [0, 0.05) is 32.5 Å². The summed E-state index contributed by atoms with van der Waals surface area (Å²) in [5.74, 6) is -1.48. The fourth-order valence-electron chi connectivity index (χ4n) is 3.98. The van der Waals surface area contributed by atoms with Crippen LogP contribution in [-0.4, -0.2) is 41.3 Å². The lowest BCUT2D eigenvalue weighted by Crippen LogP contribution is -2.30. The highest BCUT2D eigenvalue weighted by Gasteiger charge is 2.23. The van der Waals surface area contributed by atoms with Gasteiger partial charge < -0.3 is 9.88 Å². The third kappa shape index (κ3) is 5.28. The second-order valence-corrected chi connectivity index (χ2v) is 9.91. The quantitative estimate of drug-likeness (QED) is 0.460. The first kappa shape index (κ1) is 25.8. The standard InChI is InChI=1S/C24H30F2N4O3S/c1-5-29(6-2)34(32,33)18-9-11-22-21(15-18)28-23(30(22)7-3)12-13-24(31)27-16(4)17-8-10-19(25)20(26)14-17/h8-11,14-16H,5-7,12-13H2,1-4H3,(H,27,31). The smallest absolute Gasteiger partial charge is 0.243 e. The number of carbonyl (C=O) groups excluding carboxylic acids is 1. The van der Waals surface area contributed by atoms with Crippen LogP contribution in [0.2, 0.25) is 0 Å². The van der Waals surface area contributed by atoms with E-state index in [0.717, 1.165) is 17.6 Å². The number of benzene rings is 2. The first-order valence-corrected chi connectivity index (χ1v) is 12.8. The zero-order valence-electron chi connectivity index (χ0n) is 19.8. The van der Waals surface area contributed by atoms with Crippen LogP contribution in [0, 0.1) is 11.6 Å². The molecule has 0 bridgehead atoms. The molecule has 1 N–H and O–H groups in total. The van der Waals surface area contributed by atoms with E-state index in [1.165, 1.54) is 10.4 Å². The Kier molecular flexibility index (Phi) is 8.04. The molecule has 1 heterocycles. The summed E-state index contributed by atoms with van der Waals surface area (Å²) in [4.78, 5) is 17.3. The van der Waals surface area contributed by atoms with Crippen LogP contribution < -0.4 is 5.32 Å². The minimum absolute atomic E-state index is 0.141. The van der Waals surface area contributed by atoms with E-state index in [1.54, 1.807) is 39.0 Å². The molecule has 0 radical (unpaired) electrons. The monoisotopic (exact) mass is 492 g/mol. The Labute approximate surface area is 198 Å². The van der Waals surface area contributed by atoms with Gasteiger partial charge in [-0.2, -0.15) is 4.31 Å². The molecule has 3 rings (SSSR count). The summed E-state index contributed by atoms with van der Waals surface area (Å²) >= 11 is 0. The van der Waals surface area contributed by atoms with Crippen molar-refractivity contribution in [1.29, 1.82) is 0 Å². The predicted octanol–water partition coefficient (Wildman–Crippen LogP) is 4.17. The van der Waals surface area contributed by atoms with Gasteiger partial charge >= 0.3 is 0 Å². The molecule has 0 fully saturated rings. The van der Waals surface area contributed by atoms with E-state index >= 15 is 0 Å². The molecule has 0 saturated carbocycles. The SMILES string of the molecule is CCN(CC)S(=O)(=O)c1ccc2c(c1)nc(CCC(=O)NC(C)c1ccc(F)c(F)c1)n2CC. The second-order valence-electron chi connectivity index (χ2n) is 7.97. The molecule has 1 aromatic heterocycles. The van der Waals surface area contributed by atoms with E-state index < -0.39 is 27.7 Å². The van der Waals surface area contributed by atoms with Crippen LogP contribution in [0.15, 0.2) is 41.3 Å². The summed E-state index contributed by atoms with van der Waals surface area (Å²) in [7, 11) is -3.60. The molecule has 1 amide bonds. The number of fused-ring (bicyclic) bond motifs is 1. The molecule has 0 aliphatic heterocycles. The third-order valence-corrected chi connectivity index (χ3v) is 7.90. The number of aromatic nitrogens is 2. The molecule has 1 atom stereocenters. The number of hydrogen-bond acceptors (Lipinski definition) is 4. The van der Waals surface area contributed by atoms with Gasteiger partial charge in [0.15, 0.2) is 11.6 Å². The summed E-state index contributed by atoms with van der Waals surface area (Å²) < 4.78 is 55.7. The van der Waals surface area contributed by atoms with Crippen LogP contribution in [0.5, 0.6) is 0 Å². The van der Waals surface area contributed by atoms with Gasteiger partial charge in [0.25, 0.3) is 0 Å². The lowest BCUT2D eigenvalue weighted by atomic mass is 10.1. The Balaban J connectivity index is 1.76. The maximum atomic E-state index is 13.5. The molecule has 2 aromatic carbocycles. The maximum absolute atomic E-state index is 13.5. The third-order valence-electron chi connectivity index (χ3n) is 5.85. The molecule has 184 valence electrons. The first-order valence-electron chi connectivity index (χ1n) is 11.4. The number of carbonyl (C=O) groups is 1. The topological polar surface area (TPSA) is 84.3 Å². The van der Waals surface area contributed by atoms with E-state index in [4.69, 9.17) is 0 Å². The molecule has 0 saturated heterocycles. The number of nitrogens with one attached hydrogen (secondary N) is 1. The van der Waals surface area contributed by atoms with Crippen molar-refractivity contribution in [1.82, 2.24) is 19.2 Å². The molecule has 1 unspecified atom stereocenters. The fourth-order valence-corrected chi connectivity index (χ4v) is 5.46. The molecular formula is C24H30F2N4O3S. The highest BCUT2D eigenvalue weighted by molar-refractivity contribution is 7.89. The van der Waals surface area contributed by atoms with Crippen LogP contribution in [0.3, 0.4) is 0 Å². The van der Waals surface area contributed by atoms with Crippen LogP contribution in [-0.2, 0) is 27.8 Å². The average molecular weight is 493 g/mol.